The average Bonchev–Trinajstić information content (AvgIpc) is 3.48. The van der Waals surface area contributed by atoms with Crippen LogP contribution in [0.2, 0.25) is 0 Å². The van der Waals surface area contributed by atoms with Crippen molar-refractivity contribution in [3.05, 3.63) is 71.8 Å². The van der Waals surface area contributed by atoms with E-state index < -0.39 is 0 Å². The van der Waals surface area contributed by atoms with E-state index in [1.54, 1.807) is 10.9 Å². The molecule has 1 atom stereocenters. The van der Waals surface area contributed by atoms with Crippen molar-refractivity contribution in [3.63, 3.8) is 0 Å². The molecular weight excluding hydrogens is 368 g/mol. The summed E-state index contributed by atoms with van der Waals surface area (Å²) in [7, 11) is 1.87. The first-order chi connectivity index (χ1) is 14.1. The molecule has 1 aliphatic rings. The summed E-state index contributed by atoms with van der Waals surface area (Å²) in [6.45, 7) is 1.69. The van der Waals surface area contributed by atoms with Crippen molar-refractivity contribution in [2.45, 2.75) is 32.0 Å². The molecule has 29 heavy (non-hydrogen) atoms. The molecule has 1 fully saturated rings. The van der Waals surface area contributed by atoms with E-state index in [1.165, 1.54) is 0 Å². The Hall–Kier alpha value is -3.42. The Morgan fingerprint density at radius 1 is 1.17 bits per heavy atom. The summed E-state index contributed by atoms with van der Waals surface area (Å²) in [5, 5.41) is 10.9. The van der Waals surface area contributed by atoms with Crippen LogP contribution >= 0.6 is 0 Å². The van der Waals surface area contributed by atoms with Crippen molar-refractivity contribution < 1.29 is 9.59 Å². The number of amides is 2. The van der Waals surface area contributed by atoms with Gasteiger partial charge in [0.1, 0.15) is 5.69 Å². The quantitative estimate of drug-likeness (QED) is 0.694. The van der Waals surface area contributed by atoms with E-state index in [1.807, 2.05) is 65.2 Å². The molecule has 3 aromatic rings. The minimum Gasteiger partial charge on any atom is -0.347 e. The highest BCUT2D eigenvalue weighted by molar-refractivity contribution is 5.93. The van der Waals surface area contributed by atoms with Gasteiger partial charge in [0.25, 0.3) is 11.8 Å². The molecule has 0 aliphatic carbocycles. The number of likely N-dealkylation sites (tertiary alicyclic amines) is 1. The van der Waals surface area contributed by atoms with E-state index in [-0.39, 0.29) is 23.6 Å². The molecule has 0 radical (unpaired) electrons. The molecule has 2 amide bonds. The van der Waals surface area contributed by atoms with E-state index >= 15 is 0 Å². The van der Waals surface area contributed by atoms with Gasteiger partial charge in [-0.2, -0.15) is 0 Å². The van der Waals surface area contributed by atoms with Gasteiger partial charge in [-0.15, -0.1) is 5.10 Å². The van der Waals surface area contributed by atoms with Gasteiger partial charge in [0, 0.05) is 26.3 Å². The van der Waals surface area contributed by atoms with E-state index in [0.717, 1.165) is 24.9 Å². The van der Waals surface area contributed by atoms with Gasteiger partial charge < -0.3 is 14.8 Å². The third-order valence-corrected chi connectivity index (χ3v) is 5.27. The normalized spacial score (nSPS) is 16.2. The number of aromatic nitrogens is 4. The lowest BCUT2D eigenvalue weighted by atomic mass is 10.2. The van der Waals surface area contributed by atoms with Crippen LogP contribution in [0.25, 0.3) is 0 Å². The fourth-order valence-corrected chi connectivity index (χ4v) is 3.70. The molecular formula is C21H24N6O2. The number of carbonyl (C=O) groups excluding carboxylic acids is 2. The van der Waals surface area contributed by atoms with Gasteiger partial charge in [0.2, 0.25) is 0 Å². The van der Waals surface area contributed by atoms with Gasteiger partial charge in [-0.05, 0) is 30.5 Å². The summed E-state index contributed by atoms with van der Waals surface area (Å²) in [6.07, 6.45) is 5.38. The molecule has 2 aromatic heterocycles. The highest BCUT2D eigenvalue weighted by Crippen LogP contribution is 2.21. The minimum absolute atomic E-state index is 0.0287. The van der Waals surface area contributed by atoms with Gasteiger partial charge >= 0.3 is 0 Å². The largest absolute Gasteiger partial charge is 0.347 e. The molecule has 0 spiro atoms. The number of hydrogen-bond donors (Lipinski definition) is 1. The molecule has 0 saturated carbocycles. The van der Waals surface area contributed by atoms with Crippen LogP contribution in [0.1, 0.15) is 39.4 Å². The average molecular weight is 392 g/mol. The second-order valence-electron chi connectivity index (χ2n) is 7.29. The highest BCUT2D eigenvalue weighted by atomic mass is 16.2. The third kappa shape index (κ3) is 4.21. The van der Waals surface area contributed by atoms with Crippen molar-refractivity contribution in [2.75, 3.05) is 6.54 Å². The number of aryl methyl sites for hydroxylation is 1. The monoisotopic (exact) mass is 392 g/mol. The molecule has 150 valence electrons. The van der Waals surface area contributed by atoms with Gasteiger partial charge in [0.05, 0.1) is 18.8 Å². The Labute approximate surface area is 169 Å². The molecule has 0 unspecified atom stereocenters. The van der Waals surface area contributed by atoms with Crippen molar-refractivity contribution in [3.8, 4) is 0 Å². The first-order valence-corrected chi connectivity index (χ1v) is 9.76. The number of nitrogens with zero attached hydrogens (tertiary/aromatic N) is 5. The fourth-order valence-electron chi connectivity index (χ4n) is 3.70. The highest BCUT2D eigenvalue weighted by Gasteiger charge is 2.31. The van der Waals surface area contributed by atoms with Gasteiger partial charge in [-0.25, -0.2) is 4.68 Å². The maximum Gasteiger partial charge on any atom is 0.273 e. The lowest BCUT2D eigenvalue weighted by Crippen LogP contribution is -2.39. The maximum atomic E-state index is 12.9. The SMILES string of the molecule is Cn1cccc1C(=O)N1CCC[C@H]1Cn1cc(C(=O)NCc2ccccc2)nn1. The molecule has 1 N–H and O–H groups in total. The zero-order valence-electron chi connectivity index (χ0n) is 16.4. The number of hydrogen-bond acceptors (Lipinski definition) is 4. The third-order valence-electron chi connectivity index (χ3n) is 5.27. The van der Waals surface area contributed by atoms with Crippen molar-refractivity contribution in [1.29, 1.82) is 0 Å². The maximum absolute atomic E-state index is 12.9. The second kappa shape index (κ2) is 8.30. The zero-order valence-corrected chi connectivity index (χ0v) is 16.4. The molecule has 1 aromatic carbocycles. The van der Waals surface area contributed by atoms with Crippen LogP contribution in [0.5, 0.6) is 0 Å². The van der Waals surface area contributed by atoms with E-state index in [2.05, 4.69) is 15.6 Å². The summed E-state index contributed by atoms with van der Waals surface area (Å²) in [5.74, 6) is -0.232. The first-order valence-electron chi connectivity index (χ1n) is 9.76. The summed E-state index contributed by atoms with van der Waals surface area (Å²) in [5.41, 5.74) is 1.98. The number of nitrogens with one attached hydrogen (secondary N) is 1. The Morgan fingerprint density at radius 3 is 2.76 bits per heavy atom. The van der Waals surface area contributed by atoms with Crippen LogP contribution in [-0.4, -0.2) is 48.9 Å². The summed E-state index contributed by atoms with van der Waals surface area (Å²) in [6, 6.07) is 13.5. The summed E-state index contributed by atoms with van der Waals surface area (Å²) < 4.78 is 3.49. The fraction of sp³-hybridized carbons (Fsp3) is 0.333. The van der Waals surface area contributed by atoms with Gasteiger partial charge in [-0.1, -0.05) is 35.5 Å². The first kappa shape index (κ1) is 18.9. The number of benzene rings is 1. The predicted molar refractivity (Wildman–Crippen MR) is 107 cm³/mol. The standard InChI is InChI=1S/C21H24N6O2/c1-25-11-6-10-19(25)21(29)27-12-5-9-17(27)14-26-15-18(23-24-26)20(28)22-13-16-7-3-2-4-8-16/h2-4,6-8,10-11,15,17H,5,9,12-14H2,1H3,(H,22,28)/t17-/m0/s1. The molecule has 8 heteroatoms. The van der Waals surface area contributed by atoms with E-state index in [4.69, 9.17) is 0 Å². The summed E-state index contributed by atoms with van der Waals surface area (Å²) in [4.78, 5) is 27.1. The molecule has 1 aliphatic heterocycles. The Kier molecular flexibility index (Phi) is 5.41. The van der Waals surface area contributed by atoms with Crippen molar-refractivity contribution >= 4 is 11.8 Å². The van der Waals surface area contributed by atoms with Crippen LogP contribution in [0.4, 0.5) is 0 Å². The lowest BCUT2D eigenvalue weighted by Gasteiger charge is -2.24. The number of rotatable bonds is 6. The van der Waals surface area contributed by atoms with Crippen LogP contribution < -0.4 is 5.32 Å². The molecule has 4 rings (SSSR count). The van der Waals surface area contributed by atoms with E-state index in [0.29, 0.717) is 18.8 Å². The van der Waals surface area contributed by atoms with Crippen molar-refractivity contribution in [1.82, 2.24) is 29.8 Å². The second-order valence-corrected chi connectivity index (χ2v) is 7.29. The molecule has 1 saturated heterocycles. The molecule has 3 heterocycles. The van der Waals surface area contributed by atoms with Crippen LogP contribution in [0, 0.1) is 0 Å². The number of carbonyl (C=O) groups is 2. The zero-order chi connectivity index (χ0) is 20.2. The van der Waals surface area contributed by atoms with Gasteiger partial charge in [0.15, 0.2) is 5.69 Å². The smallest absolute Gasteiger partial charge is 0.273 e. The molecule has 0 bridgehead atoms. The minimum atomic E-state index is -0.261. The Balaban J connectivity index is 1.37. The van der Waals surface area contributed by atoms with Crippen molar-refractivity contribution in [2.24, 2.45) is 7.05 Å². The topological polar surface area (TPSA) is 85.0 Å². The summed E-state index contributed by atoms with van der Waals surface area (Å²) >= 11 is 0. The van der Waals surface area contributed by atoms with Crippen LogP contribution in [0.3, 0.4) is 0 Å². The van der Waals surface area contributed by atoms with Crippen LogP contribution in [-0.2, 0) is 20.1 Å². The van der Waals surface area contributed by atoms with Gasteiger partial charge in [-0.3, -0.25) is 9.59 Å². The Bertz CT molecular complexity index is 994. The lowest BCUT2D eigenvalue weighted by molar-refractivity contribution is 0.0711. The Morgan fingerprint density at radius 2 is 2.00 bits per heavy atom. The molecule has 8 nitrogen and oxygen atoms in total. The van der Waals surface area contributed by atoms with Crippen LogP contribution in [0.15, 0.2) is 54.9 Å². The predicted octanol–water partition coefficient (Wildman–Crippen LogP) is 1.85. The van der Waals surface area contributed by atoms with E-state index in [9.17, 15) is 9.59 Å².